The molecule has 7 heteroatoms. The summed E-state index contributed by atoms with van der Waals surface area (Å²) in [7, 11) is 0. The van der Waals surface area contributed by atoms with Crippen molar-refractivity contribution in [2.75, 3.05) is 5.75 Å². The van der Waals surface area contributed by atoms with Gasteiger partial charge in [-0.25, -0.2) is 0 Å². The Morgan fingerprint density at radius 1 is 1.67 bits per heavy atom. The Hall–Kier alpha value is -0.660. The molecule has 1 amide bonds. The number of thioether (sulfide) groups is 1. The highest BCUT2D eigenvalue weighted by atomic mass is 32.2. The van der Waals surface area contributed by atoms with Crippen LogP contribution < -0.4 is 11.1 Å². The molecule has 0 aromatic rings. The van der Waals surface area contributed by atoms with Crippen LogP contribution in [0.2, 0.25) is 0 Å². The quantitative estimate of drug-likeness (QED) is 0.606. The second-order valence-corrected chi connectivity index (χ2v) is 4.88. The van der Waals surface area contributed by atoms with Crippen LogP contribution in [0.4, 0.5) is 0 Å². The van der Waals surface area contributed by atoms with Crippen LogP contribution >= 0.6 is 24.0 Å². The zero-order valence-electron chi connectivity index (χ0n) is 8.52. The highest BCUT2D eigenvalue weighted by Crippen LogP contribution is 2.07. The maximum Gasteiger partial charge on any atom is 0.320 e. The number of carboxylic acids is 1. The second-order valence-electron chi connectivity index (χ2n) is 3.23. The highest BCUT2D eigenvalue weighted by Gasteiger charge is 2.14. The Morgan fingerprint density at radius 3 is 2.27 bits per heavy atom. The molecular formula is C8H14N2O3S2. The molecule has 0 aromatic heterocycles. The minimum atomic E-state index is -0.931. The lowest BCUT2D eigenvalue weighted by Gasteiger charge is -2.07. The average molecular weight is 250 g/mol. The van der Waals surface area contributed by atoms with Gasteiger partial charge in [-0.05, 0) is 5.92 Å². The Labute approximate surface area is 97.8 Å². The highest BCUT2D eigenvalue weighted by molar-refractivity contribution is 8.24. The number of rotatable bonds is 2. The largest absolute Gasteiger partial charge is 0.480 e. The maximum atomic E-state index is 10.2. The smallest absolute Gasteiger partial charge is 0.320 e. The molecule has 1 atom stereocenters. The van der Waals surface area contributed by atoms with Crippen molar-refractivity contribution in [1.82, 2.24) is 5.32 Å². The lowest BCUT2D eigenvalue weighted by atomic mass is 10.1. The van der Waals surface area contributed by atoms with E-state index in [-0.39, 0.29) is 11.8 Å². The number of aliphatic carboxylic acids is 1. The normalized spacial score (nSPS) is 16.8. The summed E-state index contributed by atoms with van der Waals surface area (Å²) in [5.74, 6) is -0.388. The number of carbonyl (C=O) groups is 2. The van der Waals surface area contributed by atoms with Crippen molar-refractivity contribution in [1.29, 1.82) is 0 Å². The van der Waals surface area contributed by atoms with E-state index in [9.17, 15) is 9.59 Å². The van der Waals surface area contributed by atoms with Crippen LogP contribution in [-0.2, 0) is 9.59 Å². The summed E-state index contributed by atoms with van der Waals surface area (Å²) in [6, 6.07) is -0.713. The zero-order chi connectivity index (χ0) is 12.0. The van der Waals surface area contributed by atoms with Gasteiger partial charge in [-0.2, -0.15) is 0 Å². The third-order valence-corrected chi connectivity index (χ3v) is 2.81. The average Bonchev–Trinajstić information content (AvgIpc) is 2.49. The summed E-state index contributed by atoms with van der Waals surface area (Å²) >= 11 is 6.00. The molecule has 1 aliphatic heterocycles. The van der Waals surface area contributed by atoms with E-state index in [0.29, 0.717) is 10.1 Å². The molecule has 0 spiro atoms. The number of nitrogens with two attached hydrogens (primary N) is 1. The molecule has 4 N–H and O–H groups in total. The molecule has 0 aromatic carbocycles. The fourth-order valence-electron chi connectivity index (χ4n) is 0.602. The molecule has 0 saturated carbocycles. The monoisotopic (exact) mass is 250 g/mol. The summed E-state index contributed by atoms with van der Waals surface area (Å²) in [5, 5.41) is 10.7. The lowest BCUT2D eigenvalue weighted by molar-refractivity contribution is -0.139. The predicted molar refractivity (Wildman–Crippen MR) is 63.6 cm³/mol. The van der Waals surface area contributed by atoms with Crippen LogP contribution in [0.3, 0.4) is 0 Å². The molecule has 1 aliphatic rings. The molecule has 1 saturated heterocycles. The minimum Gasteiger partial charge on any atom is -0.480 e. The van der Waals surface area contributed by atoms with E-state index in [4.69, 9.17) is 10.8 Å². The number of thiocarbonyl (C=S) groups is 1. The van der Waals surface area contributed by atoms with Crippen LogP contribution in [0.15, 0.2) is 0 Å². The van der Waals surface area contributed by atoms with Crippen molar-refractivity contribution in [3.8, 4) is 0 Å². The Bertz CT molecular complexity index is 255. The molecule has 0 aliphatic carbocycles. The molecular weight excluding hydrogens is 236 g/mol. The first-order valence-corrected chi connectivity index (χ1v) is 5.69. The molecule has 1 rings (SSSR count). The molecule has 0 radical (unpaired) electrons. The fraction of sp³-hybridized carbons (Fsp3) is 0.625. The summed E-state index contributed by atoms with van der Waals surface area (Å²) in [6.45, 7) is 3.55. The number of carbonyl (C=O) groups excluding carboxylic acids is 1. The maximum absolute atomic E-state index is 10.2. The zero-order valence-corrected chi connectivity index (χ0v) is 10.2. The van der Waals surface area contributed by atoms with Crippen LogP contribution in [0.5, 0.6) is 0 Å². The van der Waals surface area contributed by atoms with Crippen molar-refractivity contribution in [3.05, 3.63) is 0 Å². The van der Waals surface area contributed by atoms with Gasteiger partial charge in [0, 0.05) is 0 Å². The van der Waals surface area contributed by atoms with Crippen LogP contribution in [0.1, 0.15) is 13.8 Å². The molecule has 0 bridgehead atoms. The van der Waals surface area contributed by atoms with Crippen molar-refractivity contribution >= 4 is 40.2 Å². The fourth-order valence-corrected chi connectivity index (χ4v) is 1.41. The van der Waals surface area contributed by atoms with Crippen molar-refractivity contribution < 1.29 is 14.7 Å². The van der Waals surface area contributed by atoms with Gasteiger partial charge in [0.25, 0.3) is 0 Å². The summed E-state index contributed by atoms with van der Waals surface area (Å²) in [5.41, 5.74) is 5.16. The van der Waals surface area contributed by atoms with E-state index in [1.165, 1.54) is 11.8 Å². The van der Waals surface area contributed by atoms with Gasteiger partial charge in [-0.3, -0.25) is 9.59 Å². The van der Waals surface area contributed by atoms with Gasteiger partial charge in [-0.15, -0.1) is 0 Å². The predicted octanol–water partition coefficient (Wildman–Crippen LogP) is 0.189. The van der Waals surface area contributed by atoms with E-state index in [0.717, 1.165) is 0 Å². The van der Waals surface area contributed by atoms with Gasteiger partial charge in [0.2, 0.25) is 5.91 Å². The van der Waals surface area contributed by atoms with Crippen LogP contribution in [-0.4, -0.2) is 33.1 Å². The topological polar surface area (TPSA) is 92.4 Å². The van der Waals surface area contributed by atoms with E-state index < -0.39 is 12.0 Å². The van der Waals surface area contributed by atoms with Gasteiger partial charge in [0.1, 0.15) is 10.4 Å². The third kappa shape index (κ3) is 6.43. The first-order valence-electron chi connectivity index (χ1n) is 4.29. The second kappa shape index (κ2) is 6.76. The number of hydrogen-bond donors (Lipinski definition) is 3. The van der Waals surface area contributed by atoms with Gasteiger partial charge in [0.05, 0.1) is 5.75 Å². The Balaban J connectivity index is 0.000000262. The minimum absolute atomic E-state index is 0.0208. The van der Waals surface area contributed by atoms with Crippen molar-refractivity contribution in [2.45, 2.75) is 19.9 Å². The van der Waals surface area contributed by atoms with Gasteiger partial charge < -0.3 is 16.2 Å². The lowest BCUT2D eigenvalue weighted by Crippen LogP contribution is -2.34. The molecule has 15 heavy (non-hydrogen) atoms. The van der Waals surface area contributed by atoms with Crippen LogP contribution in [0, 0.1) is 5.92 Å². The summed E-state index contributed by atoms with van der Waals surface area (Å²) in [4.78, 5) is 20.2. The van der Waals surface area contributed by atoms with Crippen molar-refractivity contribution in [3.63, 3.8) is 0 Å². The standard InChI is InChI=1S/C5H11NO2.C3H3NOS2/c1-3(2)4(6)5(7)8;5-2-1-7-3(6)4-2/h3-4H,6H2,1-2H3,(H,7,8);1H2,(H,4,5,6)/t4-;/m0./s1. The van der Waals surface area contributed by atoms with E-state index in [1.807, 2.05) is 0 Å². The van der Waals surface area contributed by atoms with Gasteiger partial charge in [0.15, 0.2) is 0 Å². The first-order chi connectivity index (χ1) is 6.84. The molecule has 5 nitrogen and oxygen atoms in total. The molecule has 0 unspecified atom stereocenters. The number of carboxylic acid groups (broad SMARTS) is 1. The SMILES string of the molecule is CC(C)[C@H](N)C(=O)O.O=C1CSC(=S)N1. The number of hydrogen-bond acceptors (Lipinski definition) is 5. The number of nitrogens with one attached hydrogen (secondary N) is 1. The van der Waals surface area contributed by atoms with Crippen molar-refractivity contribution in [2.24, 2.45) is 11.7 Å². The third-order valence-electron chi connectivity index (χ3n) is 1.58. The molecule has 86 valence electrons. The summed E-state index contributed by atoms with van der Waals surface area (Å²) in [6.07, 6.45) is 0. The van der Waals surface area contributed by atoms with Crippen LogP contribution in [0.25, 0.3) is 0 Å². The molecule has 1 heterocycles. The first kappa shape index (κ1) is 14.3. The van der Waals surface area contributed by atoms with Gasteiger partial charge in [-0.1, -0.05) is 37.8 Å². The Morgan fingerprint density at radius 2 is 2.20 bits per heavy atom. The van der Waals surface area contributed by atoms with Gasteiger partial charge >= 0.3 is 5.97 Å². The Kier molecular flexibility index (Phi) is 6.46. The van der Waals surface area contributed by atoms with E-state index in [1.54, 1.807) is 13.8 Å². The molecule has 1 fully saturated rings. The van der Waals surface area contributed by atoms with E-state index >= 15 is 0 Å². The van der Waals surface area contributed by atoms with E-state index in [2.05, 4.69) is 17.5 Å². The summed E-state index contributed by atoms with van der Waals surface area (Å²) < 4.78 is 0.602. The number of amides is 1.